The molecular weight excluding hydrogens is 142 g/mol. The van der Waals surface area contributed by atoms with E-state index in [4.69, 9.17) is 5.11 Å². The molecule has 0 aromatic heterocycles. The van der Waals surface area contributed by atoms with Gasteiger partial charge in [-0.15, -0.1) is 0 Å². The van der Waals surface area contributed by atoms with Crippen molar-refractivity contribution in [1.29, 1.82) is 0 Å². The van der Waals surface area contributed by atoms with Gasteiger partial charge in [0.2, 0.25) is 0 Å². The van der Waals surface area contributed by atoms with Crippen LogP contribution in [-0.4, -0.2) is 17.0 Å². The van der Waals surface area contributed by atoms with Crippen LogP contribution in [0, 0.1) is 5.92 Å². The Labute approximate surface area is 56.8 Å². The molecule has 1 rings (SSSR count). The Bertz CT molecular complexity index is 152. The van der Waals surface area contributed by atoms with Crippen molar-refractivity contribution in [3.05, 3.63) is 0 Å². The lowest BCUT2D eigenvalue weighted by Gasteiger charge is -2.30. The SMILES string of the molecule is O=C(O)C(F)(F)C1CCC1. The van der Waals surface area contributed by atoms with E-state index in [0.717, 1.165) is 6.42 Å². The average molecular weight is 150 g/mol. The van der Waals surface area contributed by atoms with Gasteiger partial charge in [-0.3, -0.25) is 0 Å². The zero-order valence-electron chi connectivity index (χ0n) is 5.31. The molecule has 0 heterocycles. The molecule has 10 heavy (non-hydrogen) atoms. The van der Waals surface area contributed by atoms with Crippen LogP contribution in [0.25, 0.3) is 0 Å². The predicted molar refractivity (Wildman–Crippen MR) is 29.9 cm³/mol. The molecule has 1 fully saturated rings. The largest absolute Gasteiger partial charge is 0.477 e. The highest BCUT2D eigenvalue weighted by atomic mass is 19.3. The minimum atomic E-state index is -3.49. The average Bonchev–Trinajstić information content (AvgIpc) is 1.57. The van der Waals surface area contributed by atoms with E-state index in [0.29, 0.717) is 12.8 Å². The van der Waals surface area contributed by atoms with E-state index in [-0.39, 0.29) is 0 Å². The molecule has 1 saturated carbocycles. The van der Waals surface area contributed by atoms with Crippen molar-refractivity contribution in [2.45, 2.75) is 25.2 Å². The third kappa shape index (κ3) is 0.978. The van der Waals surface area contributed by atoms with Gasteiger partial charge in [-0.05, 0) is 12.8 Å². The highest BCUT2D eigenvalue weighted by Crippen LogP contribution is 2.39. The second kappa shape index (κ2) is 2.18. The number of aliphatic carboxylic acids is 1. The first kappa shape index (κ1) is 7.44. The van der Waals surface area contributed by atoms with Crippen LogP contribution in [0.3, 0.4) is 0 Å². The molecule has 58 valence electrons. The van der Waals surface area contributed by atoms with Crippen molar-refractivity contribution in [3.8, 4) is 0 Å². The van der Waals surface area contributed by atoms with Crippen LogP contribution < -0.4 is 0 Å². The molecule has 0 radical (unpaired) electrons. The molecular formula is C6H8F2O2. The molecule has 0 amide bonds. The van der Waals surface area contributed by atoms with E-state index in [1.165, 1.54) is 0 Å². The van der Waals surface area contributed by atoms with Crippen molar-refractivity contribution in [3.63, 3.8) is 0 Å². The van der Waals surface area contributed by atoms with Gasteiger partial charge in [-0.2, -0.15) is 8.78 Å². The molecule has 0 aliphatic heterocycles. The first-order valence-corrected chi connectivity index (χ1v) is 3.16. The zero-order chi connectivity index (χ0) is 7.78. The van der Waals surface area contributed by atoms with Crippen LogP contribution in [0.5, 0.6) is 0 Å². The second-order valence-corrected chi connectivity index (χ2v) is 2.56. The smallest absolute Gasteiger partial charge is 0.374 e. The van der Waals surface area contributed by atoms with Crippen molar-refractivity contribution in [2.24, 2.45) is 5.92 Å². The number of alkyl halides is 2. The van der Waals surface area contributed by atoms with E-state index >= 15 is 0 Å². The van der Waals surface area contributed by atoms with Gasteiger partial charge in [-0.25, -0.2) is 4.79 Å². The fraction of sp³-hybridized carbons (Fsp3) is 0.833. The van der Waals surface area contributed by atoms with Crippen molar-refractivity contribution in [2.75, 3.05) is 0 Å². The minimum absolute atomic E-state index is 0.347. The summed E-state index contributed by atoms with van der Waals surface area (Å²) in [5, 5.41) is 8.03. The molecule has 0 unspecified atom stereocenters. The number of carboxylic acids is 1. The van der Waals surface area contributed by atoms with Crippen LogP contribution in [0.1, 0.15) is 19.3 Å². The number of carbonyl (C=O) groups is 1. The lowest BCUT2D eigenvalue weighted by Crippen LogP contribution is -2.40. The first-order chi connectivity index (χ1) is 4.55. The fourth-order valence-corrected chi connectivity index (χ4v) is 0.945. The molecule has 1 aliphatic rings. The molecule has 0 saturated heterocycles. The molecule has 4 heteroatoms. The summed E-state index contributed by atoms with van der Waals surface area (Å²) >= 11 is 0. The lowest BCUT2D eigenvalue weighted by molar-refractivity contribution is -0.178. The van der Waals surface area contributed by atoms with Crippen LogP contribution in [0.2, 0.25) is 0 Å². The molecule has 0 spiro atoms. The number of carboxylic acid groups (broad SMARTS) is 1. The standard InChI is InChI=1S/C6H8F2O2/c7-6(8,5(9)10)4-2-1-3-4/h4H,1-3H2,(H,9,10). The summed E-state index contributed by atoms with van der Waals surface area (Å²) in [6, 6.07) is 0. The summed E-state index contributed by atoms with van der Waals surface area (Å²) in [7, 11) is 0. The molecule has 0 atom stereocenters. The molecule has 1 aliphatic carbocycles. The lowest BCUT2D eigenvalue weighted by atomic mass is 9.80. The van der Waals surface area contributed by atoms with Gasteiger partial charge in [0.05, 0.1) is 0 Å². The first-order valence-electron chi connectivity index (χ1n) is 3.16. The molecule has 0 bridgehead atoms. The van der Waals surface area contributed by atoms with Gasteiger partial charge in [-0.1, -0.05) is 6.42 Å². The topological polar surface area (TPSA) is 37.3 Å². The Morgan fingerprint density at radius 2 is 2.00 bits per heavy atom. The summed E-state index contributed by atoms with van der Waals surface area (Å²) in [4.78, 5) is 9.91. The van der Waals surface area contributed by atoms with Crippen LogP contribution >= 0.6 is 0 Å². The van der Waals surface area contributed by atoms with Crippen LogP contribution in [-0.2, 0) is 4.79 Å². The Morgan fingerprint density at radius 3 is 2.10 bits per heavy atom. The van der Waals surface area contributed by atoms with Crippen molar-refractivity contribution < 1.29 is 18.7 Å². The van der Waals surface area contributed by atoms with E-state index in [2.05, 4.69) is 0 Å². The summed E-state index contributed by atoms with van der Waals surface area (Å²) in [5.41, 5.74) is 0. The molecule has 0 aromatic carbocycles. The molecule has 1 N–H and O–H groups in total. The number of halogens is 2. The second-order valence-electron chi connectivity index (χ2n) is 2.56. The van der Waals surface area contributed by atoms with Gasteiger partial charge in [0.1, 0.15) is 0 Å². The van der Waals surface area contributed by atoms with E-state index < -0.39 is 17.8 Å². The maximum atomic E-state index is 12.4. The number of hydrogen-bond donors (Lipinski definition) is 1. The summed E-state index contributed by atoms with van der Waals surface area (Å²) < 4.78 is 24.8. The molecule has 0 aromatic rings. The van der Waals surface area contributed by atoms with E-state index in [1.54, 1.807) is 0 Å². The summed E-state index contributed by atoms with van der Waals surface area (Å²) in [6.07, 6.45) is 1.42. The highest BCUT2D eigenvalue weighted by molar-refractivity contribution is 5.75. The molecule has 2 nitrogen and oxygen atoms in total. The summed E-state index contributed by atoms with van der Waals surface area (Å²) in [6.45, 7) is 0. The van der Waals surface area contributed by atoms with Gasteiger partial charge in [0, 0.05) is 5.92 Å². The Hall–Kier alpha value is -0.670. The van der Waals surface area contributed by atoms with Gasteiger partial charge in [0.15, 0.2) is 0 Å². The normalized spacial score (nSPS) is 20.2. The Morgan fingerprint density at radius 1 is 1.50 bits per heavy atom. The van der Waals surface area contributed by atoms with Crippen LogP contribution in [0.4, 0.5) is 8.78 Å². The van der Waals surface area contributed by atoms with E-state index in [9.17, 15) is 13.6 Å². The maximum absolute atomic E-state index is 12.4. The highest BCUT2D eigenvalue weighted by Gasteiger charge is 2.49. The fourth-order valence-electron chi connectivity index (χ4n) is 0.945. The monoisotopic (exact) mass is 150 g/mol. The van der Waals surface area contributed by atoms with E-state index in [1.807, 2.05) is 0 Å². The van der Waals surface area contributed by atoms with Crippen molar-refractivity contribution in [1.82, 2.24) is 0 Å². The van der Waals surface area contributed by atoms with Gasteiger partial charge in [0.25, 0.3) is 0 Å². The zero-order valence-corrected chi connectivity index (χ0v) is 5.31. The predicted octanol–water partition coefficient (Wildman–Crippen LogP) is 1.51. The summed E-state index contributed by atoms with van der Waals surface area (Å²) in [5.74, 6) is -6.39. The van der Waals surface area contributed by atoms with Gasteiger partial charge < -0.3 is 5.11 Å². The van der Waals surface area contributed by atoms with Crippen molar-refractivity contribution >= 4 is 5.97 Å². The third-order valence-electron chi connectivity index (χ3n) is 1.90. The van der Waals surface area contributed by atoms with Gasteiger partial charge >= 0.3 is 11.9 Å². The van der Waals surface area contributed by atoms with Crippen LogP contribution in [0.15, 0.2) is 0 Å². The quantitative estimate of drug-likeness (QED) is 0.647. The maximum Gasteiger partial charge on any atom is 0.374 e. The number of hydrogen-bond acceptors (Lipinski definition) is 1. The Kier molecular flexibility index (Phi) is 1.62. The third-order valence-corrected chi connectivity index (χ3v) is 1.90. The Balaban J connectivity index is 2.57. The minimum Gasteiger partial charge on any atom is -0.477 e. The number of rotatable bonds is 2.